The first-order valence-corrected chi connectivity index (χ1v) is 12.6. The number of nitrogens with zero attached hydrogens (tertiary/aromatic N) is 4. The summed E-state index contributed by atoms with van der Waals surface area (Å²) in [4.78, 5) is 34.4. The van der Waals surface area contributed by atoms with Crippen LogP contribution in [0.5, 0.6) is 0 Å². The average molecular weight is 511 g/mol. The van der Waals surface area contributed by atoms with Gasteiger partial charge in [0.05, 0.1) is 5.52 Å². The fourth-order valence-electron chi connectivity index (χ4n) is 4.69. The van der Waals surface area contributed by atoms with Crippen molar-refractivity contribution < 1.29 is 9.59 Å². The summed E-state index contributed by atoms with van der Waals surface area (Å²) in [6, 6.07) is 15.0. The zero-order valence-electron chi connectivity index (χ0n) is 19.2. The predicted molar refractivity (Wildman–Crippen MR) is 141 cm³/mol. The third-order valence-corrected chi connectivity index (χ3v) is 7.08. The molecule has 2 aromatic carbocycles. The maximum absolute atomic E-state index is 12.9. The molecule has 0 aliphatic carbocycles. The number of carbonyl (C=O) groups is 2. The first-order chi connectivity index (χ1) is 17.0. The molecule has 5 rings (SSSR count). The minimum Gasteiger partial charge on any atom is -0.369 e. The molecule has 2 aliphatic heterocycles. The van der Waals surface area contributed by atoms with E-state index in [4.69, 9.17) is 23.8 Å². The van der Waals surface area contributed by atoms with Crippen LogP contribution >= 0.6 is 23.8 Å². The number of fused-ring (bicyclic) bond motifs is 3. The molecule has 10 heteroatoms. The summed E-state index contributed by atoms with van der Waals surface area (Å²) < 4.78 is 1.68. The van der Waals surface area contributed by atoms with E-state index in [0.29, 0.717) is 18.8 Å². The molecule has 1 saturated heterocycles. The van der Waals surface area contributed by atoms with Crippen molar-refractivity contribution in [3.63, 3.8) is 0 Å². The number of amides is 1. The van der Waals surface area contributed by atoms with Crippen LogP contribution in [0.3, 0.4) is 0 Å². The predicted octanol–water partition coefficient (Wildman–Crippen LogP) is 3.57. The molecule has 2 aliphatic rings. The minimum atomic E-state index is -0.491. The molecule has 182 valence electrons. The highest BCUT2D eigenvalue weighted by Crippen LogP contribution is 2.29. The van der Waals surface area contributed by atoms with Crippen molar-refractivity contribution in [1.29, 1.82) is 0 Å². The van der Waals surface area contributed by atoms with Gasteiger partial charge in [0.2, 0.25) is 10.7 Å². The van der Waals surface area contributed by atoms with Crippen LogP contribution < -0.4 is 15.5 Å². The Morgan fingerprint density at radius 2 is 1.94 bits per heavy atom. The molecule has 0 saturated carbocycles. The Hall–Kier alpha value is -3.01. The lowest BCUT2D eigenvalue weighted by Crippen LogP contribution is -2.48. The van der Waals surface area contributed by atoms with Gasteiger partial charge in [0.1, 0.15) is 11.9 Å². The highest BCUT2D eigenvalue weighted by atomic mass is 35.5. The lowest BCUT2D eigenvalue weighted by atomic mass is 10.1. The van der Waals surface area contributed by atoms with E-state index < -0.39 is 6.04 Å². The van der Waals surface area contributed by atoms with Crippen LogP contribution in [0.25, 0.3) is 10.9 Å². The fraction of sp³-hybridized carbons (Fsp3) is 0.360. The summed E-state index contributed by atoms with van der Waals surface area (Å²) >= 11 is 11.4. The number of hydrogen-bond donors (Lipinski definition) is 2. The smallest absolute Gasteiger partial charge is 0.257 e. The van der Waals surface area contributed by atoms with E-state index in [1.54, 1.807) is 0 Å². The number of nitrogens with one attached hydrogen (secondary N) is 2. The molecule has 1 atom stereocenters. The van der Waals surface area contributed by atoms with E-state index in [-0.39, 0.29) is 23.0 Å². The summed E-state index contributed by atoms with van der Waals surface area (Å²) in [7, 11) is 0. The molecule has 0 radical (unpaired) electrons. The molecule has 8 nitrogen and oxygen atoms in total. The van der Waals surface area contributed by atoms with Gasteiger partial charge >= 0.3 is 0 Å². The summed E-state index contributed by atoms with van der Waals surface area (Å²) in [6.07, 6.45) is 0.659. The van der Waals surface area contributed by atoms with Crippen LogP contribution in [-0.2, 0) is 4.79 Å². The molecule has 35 heavy (non-hydrogen) atoms. The molecule has 0 unspecified atom stereocenters. The summed E-state index contributed by atoms with van der Waals surface area (Å²) in [5, 5.41) is 7.84. The van der Waals surface area contributed by atoms with Crippen LogP contribution in [0.15, 0.2) is 48.5 Å². The Bertz CT molecular complexity index is 1320. The highest BCUT2D eigenvalue weighted by molar-refractivity contribution is 7.71. The van der Waals surface area contributed by atoms with Gasteiger partial charge in [0.25, 0.3) is 5.91 Å². The lowest BCUT2D eigenvalue weighted by Gasteiger charge is -2.36. The van der Waals surface area contributed by atoms with E-state index in [0.717, 1.165) is 54.3 Å². The van der Waals surface area contributed by atoms with Crippen molar-refractivity contribution in [2.45, 2.75) is 18.9 Å². The Kier molecular flexibility index (Phi) is 6.99. The molecule has 1 aromatic heterocycles. The Morgan fingerprint density at radius 1 is 1.14 bits per heavy atom. The molecule has 1 fully saturated rings. The Morgan fingerprint density at radius 3 is 2.74 bits per heavy atom. The number of rotatable bonds is 7. The summed E-state index contributed by atoms with van der Waals surface area (Å²) in [5.41, 5.74) is 1.89. The van der Waals surface area contributed by atoms with E-state index in [1.807, 2.05) is 42.5 Å². The van der Waals surface area contributed by atoms with Gasteiger partial charge in [-0.25, -0.2) is 9.55 Å². The molecular weight excluding hydrogens is 484 g/mol. The van der Waals surface area contributed by atoms with Crippen molar-refractivity contribution in [3.8, 4) is 0 Å². The van der Waals surface area contributed by atoms with Crippen LogP contribution in [0, 0.1) is 4.77 Å². The normalized spacial score (nSPS) is 17.9. The lowest BCUT2D eigenvalue weighted by molar-refractivity contribution is -0.121. The van der Waals surface area contributed by atoms with E-state index in [1.165, 1.54) is 4.57 Å². The zero-order valence-corrected chi connectivity index (χ0v) is 20.8. The molecular formula is C25H27ClN6O2S. The fourth-order valence-corrected chi connectivity index (χ4v) is 5.15. The number of halogens is 1. The van der Waals surface area contributed by atoms with Crippen LogP contribution in [0.2, 0.25) is 5.02 Å². The van der Waals surface area contributed by atoms with Crippen molar-refractivity contribution in [2.75, 3.05) is 49.5 Å². The van der Waals surface area contributed by atoms with Gasteiger partial charge < -0.3 is 15.5 Å². The monoisotopic (exact) mass is 510 g/mol. The third-order valence-electron chi connectivity index (χ3n) is 6.58. The number of aromatic nitrogens is 2. The van der Waals surface area contributed by atoms with Crippen LogP contribution in [0.1, 0.15) is 17.6 Å². The van der Waals surface area contributed by atoms with Gasteiger partial charge in [0, 0.05) is 61.8 Å². The van der Waals surface area contributed by atoms with Gasteiger partial charge in [0.15, 0.2) is 0 Å². The van der Waals surface area contributed by atoms with Gasteiger partial charge in [-0.1, -0.05) is 29.8 Å². The molecule has 0 bridgehead atoms. The van der Waals surface area contributed by atoms with E-state index >= 15 is 0 Å². The summed E-state index contributed by atoms with van der Waals surface area (Å²) in [5.74, 6) is 0.446. The highest BCUT2D eigenvalue weighted by Gasteiger charge is 2.32. The number of para-hydroxylation sites is 1. The van der Waals surface area contributed by atoms with Crippen molar-refractivity contribution in [3.05, 3.63) is 58.3 Å². The second kappa shape index (κ2) is 10.3. The largest absolute Gasteiger partial charge is 0.369 e. The van der Waals surface area contributed by atoms with Gasteiger partial charge in [-0.05, 0) is 49.0 Å². The molecule has 0 spiro atoms. The maximum Gasteiger partial charge on any atom is 0.257 e. The first kappa shape index (κ1) is 23.7. The number of piperazine rings is 1. The van der Waals surface area contributed by atoms with E-state index in [2.05, 4.69) is 31.5 Å². The number of carbonyl (C=O) groups excluding carboxylic acids is 2. The maximum atomic E-state index is 12.9. The second-order valence-electron chi connectivity index (χ2n) is 8.83. The number of benzene rings is 2. The first-order valence-electron chi connectivity index (χ1n) is 11.8. The Labute approximate surface area is 213 Å². The quantitative estimate of drug-likeness (QED) is 0.470. The number of hydrogen-bond acceptors (Lipinski definition) is 7. The van der Waals surface area contributed by atoms with Gasteiger partial charge in [-0.2, -0.15) is 0 Å². The SMILES string of the molecule is O=C(CC[C@@H]1Nc2c3ccccc3nc(=S)n2C1=O)NCCN1CCN(c2cccc(Cl)c2)CC1. The average Bonchev–Trinajstić information content (AvgIpc) is 3.20. The van der Waals surface area contributed by atoms with Crippen molar-refractivity contribution >= 4 is 58.0 Å². The molecule has 3 heterocycles. The second-order valence-corrected chi connectivity index (χ2v) is 9.63. The summed E-state index contributed by atoms with van der Waals surface area (Å²) in [6.45, 7) is 5.11. The standard InChI is InChI=1S/C25H27ClN6O2S/c26-17-4-3-5-18(16-17)31-14-12-30(13-15-31)11-10-27-22(33)9-8-21-24(34)32-23(28-21)19-6-1-2-7-20(19)29-25(32)35/h1-7,16,21,28H,8-15H2,(H,27,33)/t21-/m0/s1. The van der Waals surface area contributed by atoms with E-state index in [9.17, 15) is 9.59 Å². The minimum absolute atomic E-state index is 0.0558. The van der Waals surface area contributed by atoms with Crippen LogP contribution in [-0.4, -0.2) is 71.6 Å². The molecule has 2 N–H and O–H groups in total. The van der Waals surface area contributed by atoms with Crippen molar-refractivity contribution in [2.24, 2.45) is 0 Å². The van der Waals surface area contributed by atoms with Gasteiger partial charge in [-0.3, -0.25) is 14.5 Å². The topological polar surface area (TPSA) is 82.5 Å². The van der Waals surface area contributed by atoms with Crippen molar-refractivity contribution in [1.82, 2.24) is 19.8 Å². The Balaban J connectivity index is 1.06. The molecule has 3 aromatic rings. The number of anilines is 2. The molecule has 1 amide bonds. The van der Waals surface area contributed by atoms with Gasteiger partial charge in [-0.15, -0.1) is 0 Å². The zero-order chi connectivity index (χ0) is 24.4. The van der Waals surface area contributed by atoms with Crippen LogP contribution in [0.4, 0.5) is 11.5 Å². The third kappa shape index (κ3) is 5.17.